The second-order valence-electron chi connectivity index (χ2n) is 5.16. The van der Waals surface area contributed by atoms with Crippen molar-refractivity contribution >= 4 is 17.4 Å². The fourth-order valence-electron chi connectivity index (χ4n) is 2.33. The average molecular weight is 363 g/mol. The quantitative estimate of drug-likeness (QED) is 0.551. The topological polar surface area (TPSA) is 86.9 Å². The van der Waals surface area contributed by atoms with Crippen LogP contribution in [0.4, 0.5) is 8.78 Å². The minimum Gasteiger partial charge on any atom is -0.469 e. The number of furan rings is 1. The van der Waals surface area contributed by atoms with E-state index in [4.69, 9.17) is 4.42 Å². The van der Waals surface area contributed by atoms with Gasteiger partial charge in [-0.15, -0.1) is 20.4 Å². The van der Waals surface area contributed by atoms with E-state index in [9.17, 15) is 8.78 Å². The van der Waals surface area contributed by atoms with Crippen LogP contribution < -0.4 is 0 Å². The van der Waals surface area contributed by atoms with E-state index in [1.165, 1.54) is 11.8 Å². The predicted molar refractivity (Wildman–Crippen MR) is 83.3 cm³/mol. The van der Waals surface area contributed by atoms with E-state index < -0.39 is 12.2 Å². The smallest absolute Gasteiger partial charge is 0.299 e. The first-order chi connectivity index (χ1) is 12.0. The van der Waals surface area contributed by atoms with Gasteiger partial charge in [0.15, 0.2) is 16.6 Å². The Bertz CT molecular complexity index is 1050. The zero-order chi connectivity index (χ0) is 17.6. The molecule has 128 valence electrons. The van der Waals surface area contributed by atoms with E-state index in [0.717, 1.165) is 15.8 Å². The summed E-state index contributed by atoms with van der Waals surface area (Å²) in [6, 6.07) is 5.05. The molecule has 0 bridgehead atoms. The van der Waals surface area contributed by atoms with Crippen LogP contribution in [0, 0.1) is 6.92 Å². The highest BCUT2D eigenvalue weighted by molar-refractivity contribution is 7.99. The molecule has 8 nitrogen and oxygen atoms in total. The number of halogens is 2. The van der Waals surface area contributed by atoms with E-state index in [1.54, 1.807) is 23.0 Å². The fourth-order valence-corrected chi connectivity index (χ4v) is 3.08. The Morgan fingerprint density at radius 3 is 2.68 bits per heavy atom. The maximum atomic E-state index is 12.9. The summed E-state index contributed by atoms with van der Waals surface area (Å²) in [6.07, 6.45) is -1.17. The van der Waals surface area contributed by atoms with Crippen molar-refractivity contribution in [2.75, 3.05) is 0 Å². The fraction of sp³-hybridized carbons (Fsp3) is 0.214. The molecule has 0 fully saturated rings. The molecule has 4 heterocycles. The molecule has 0 radical (unpaired) electrons. The van der Waals surface area contributed by atoms with Crippen molar-refractivity contribution in [3.63, 3.8) is 0 Å². The first-order valence-electron chi connectivity index (χ1n) is 7.17. The third-order valence-corrected chi connectivity index (χ3v) is 4.55. The molecule has 4 rings (SSSR count). The molecule has 0 saturated carbocycles. The van der Waals surface area contributed by atoms with Gasteiger partial charge in [0.2, 0.25) is 5.82 Å². The van der Waals surface area contributed by atoms with Gasteiger partial charge < -0.3 is 8.98 Å². The van der Waals surface area contributed by atoms with Gasteiger partial charge in [-0.3, -0.25) is 0 Å². The molecule has 4 aromatic heterocycles. The maximum absolute atomic E-state index is 12.9. The zero-order valence-electron chi connectivity index (χ0n) is 13.1. The van der Waals surface area contributed by atoms with E-state index >= 15 is 0 Å². The second-order valence-corrected chi connectivity index (χ2v) is 6.15. The number of aryl methyl sites for hydroxylation is 1. The zero-order valence-corrected chi connectivity index (χ0v) is 13.9. The van der Waals surface area contributed by atoms with E-state index in [-0.39, 0.29) is 5.65 Å². The maximum Gasteiger partial charge on any atom is 0.299 e. The van der Waals surface area contributed by atoms with Crippen molar-refractivity contribution in [2.24, 2.45) is 7.05 Å². The molecule has 0 N–H and O–H groups in total. The lowest BCUT2D eigenvalue weighted by molar-refractivity contribution is 0.137. The van der Waals surface area contributed by atoms with Gasteiger partial charge in [-0.1, -0.05) is 0 Å². The Kier molecular flexibility index (Phi) is 3.71. The molecular weight excluding hydrogens is 352 g/mol. The van der Waals surface area contributed by atoms with Gasteiger partial charge in [0.1, 0.15) is 10.8 Å². The van der Waals surface area contributed by atoms with Gasteiger partial charge >= 0.3 is 0 Å². The number of fused-ring (bicyclic) bond motifs is 1. The van der Waals surface area contributed by atoms with Gasteiger partial charge in [0, 0.05) is 7.05 Å². The van der Waals surface area contributed by atoms with E-state index in [2.05, 4.69) is 25.5 Å². The van der Waals surface area contributed by atoms with Gasteiger partial charge in [0.05, 0.1) is 11.8 Å². The molecule has 0 saturated heterocycles. The molecule has 0 amide bonds. The number of aromatic nitrogens is 7. The molecule has 11 heteroatoms. The lowest BCUT2D eigenvalue weighted by Gasteiger charge is -2.03. The molecule has 25 heavy (non-hydrogen) atoms. The number of hydrogen-bond donors (Lipinski definition) is 0. The Morgan fingerprint density at radius 1 is 1.12 bits per heavy atom. The van der Waals surface area contributed by atoms with Gasteiger partial charge in [-0.25, -0.2) is 8.78 Å². The Hall–Kier alpha value is -2.82. The van der Waals surface area contributed by atoms with Crippen LogP contribution in [-0.2, 0) is 7.05 Å². The molecule has 0 aliphatic heterocycles. The van der Waals surface area contributed by atoms with Crippen LogP contribution in [0.25, 0.3) is 17.0 Å². The molecule has 0 aliphatic carbocycles. The second kappa shape index (κ2) is 5.92. The average Bonchev–Trinajstić information content (AvgIpc) is 3.27. The first-order valence-corrected chi connectivity index (χ1v) is 7.98. The lowest BCUT2D eigenvalue weighted by atomic mass is 10.2. The third-order valence-electron chi connectivity index (χ3n) is 3.59. The summed E-state index contributed by atoms with van der Waals surface area (Å²) in [5.74, 6) is 0.884. The monoisotopic (exact) mass is 363 g/mol. The predicted octanol–water partition coefficient (Wildman–Crippen LogP) is 2.91. The molecule has 0 unspecified atom stereocenters. The molecule has 0 aromatic carbocycles. The van der Waals surface area contributed by atoms with Crippen molar-refractivity contribution in [3.8, 4) is 11.4 Å². The standard InChI is InChI=1S/C14H11F2N7OS/c1-7-8(5-6-24-7)12-18-20-14(22(12)2)25-10-4-3-9-17-19-13(11(15)16)23(9)21-10/h3-6,11H,1-2H3. The Morgan fingerprint density at radius 2 is 1.96 bits per heavy atom. The highest BCUT2D eigenvalue weighted by Crippen LogP contribution is 2.29. The molecule has 0 spiro atoms. The first kappa shape index (κ1) is 15.7. The minimum atomic E-state index is -2.76. The highest BCUT2D eigenvalue weighted by atomic mass is 32.2. The van der Waals surface area contributed by atoms with Crippen molar-refractivity contribution in [1.82, 2.24) is 34.6 Å². The molecular formula is C14H11F2N7OS. The van der Waals surface area contributed by atoms with Gasteiger partial charge in [-0.2, -0.15) is 9.61 Å². The van der Waals surface area contributed by atoms with Gasteiger partial charge in [0.25, 0.3) is 6.43 Å². The van der Waals surface area contributed by atoms with Crippen LogP contribution in [-0.4, -0.2) is 34.6 Å². The lowest BCUT2D eigenvalue weighted by Crippen LogP contribution is -2.01. The van der Waals surface area contributed by atoms with Crippen LogP contribution in [0.1, 0.15) is 18.0 Å². The van der Waals surface area contributed by atoms with E-state index in [1.807, 2.05) is 20.0 Å². The van der Waals surface area contributed by atoms with Crippen molar-refractivity contribution in [2.45, 2.75) is 23.5 Å². The summed E-state index contributed by atoms with van der Waals surface area (Å²) in [4.78, 5) is 0. The van der Waals surface area contributed by atoms with Crippen LogP contribution in [0.2, 0.25) is 0 Å². The normalized spacial score (nSPS) is 11.7. The van der Waals surface area contributed by atoms with Crippen molar-refractivity contribution < 1.29 is 13.2 Å². The van der Waals surface area contributed by atoms with Crippen LogP contribution >= 0.6 is 11.8 Å². The SMILES string of the molecule is Cc1occc1-c1nnc(Sc2ccc3nnc(C(F)F)n3n2)n1C. The Balaban J connectivity index is 1.69. The van der Waals surface area contributed by atoms with Crippen LogP contribution in [0.5, 0.6) is 0 Å². The summed E-state index contributed by atoms with van der Waals surface area (Å²) in [6.45, 7) is 1.84. The minimum absolute atomic E-state index is 0.257. The van der Waals surface area contributed by atoms with E-state index in [0.29, 0.717) is 16.0 Å². The number of hydrogen-bond acceptors (Lipinski definition) is 7. The van der Waals surface area contributed by atoms with Crippen LogP contribution in [0.15, 0.2) is 39.1 Å². The largest absolute Gasteiger partial charge is 0.469 e. The molecule has 0 atom stereocenters. The summed E-state index contributed by atoms with van der Waals surface area (Å²) in [7, 11) is 1.81. The summed E-state index contributed by atoms with van der Waals surface area (Å²) in [5.41, 5.74) is 1.09. The van der Waals surface area contributed by atoms with Crippen molar-refractivity contribution in [1.29, 1.82) is 0 Å². The van der Waals surface area contributed by atoms with Gasteiger partial charge in [-0.05, 0) is 36.9 Å². The summed E-state index contributed by atoms with van der Waals surface area (Å²) < 4.78 is 34.0. The summed E-state index contributed by atoms with van der Waals surface area (Å²) in [5, 5.41) is 20.6. The Labute approximate surface area is 143 Å². The number of alkyl halides is 2. The summed E-state index contributed by atoms with van der Waals surface area (Å²) >= 11 is 1.20. The third kappa shape index (κ3) is 2.65. The van der Waals surface area contributed by atoms with Crippen LogP contribution in [0.3, 0.4) is 0 Å². The molecule has 4 aromatic rings. The van der Waals surface area contributed by atoms with Crippen molar-refractivity contribution in [3.05, 3.63) is 36.0 Å². The highest BCUT2D eigenvalue weighted by Gasteiger charge is 2.19. The molecule has 0 aliphatic rings. The number of nitrogens with zero attached hydrogens (tertiary/aromatic N) is 7. The number of rotatable bonds is 4.